The molecule has 0 heterocycles. The molecule has 0 aliphatic rings. The predicted molar refractivity (Wildman–Crippen MR) is 37.9 cm³/mol. The van der Waals surface area contributed by atoms with Crippen molar-refractivity contribution in [1.29, 1.82) is 0 Å². The number of hydrogen-bond acceptors (Lipinski definition) is 1. The Morgan fingerprint density at radius 2 is 2.40 bits per heavy atom. The Bertz CT molecular complexity index is 123. The summed E-state index contributed by atoms with van der Waals surface area (Å²) in [6.45, 7) is 3.59. The van der Waals surface area contributed by atoms with E-state index in [0.717, 1.165) is 10.8 Å². The molecule has 63 valence electrons. The number of allylic oxidation sites excluding steroid dienone is 1. The molecule has 0 aromatic rings. The molecule has 0 saturated carbocycles. The third-order valence-corrected chi connectivity index (χ3v) is 2.94. The number of carboxylic acid groups (broad SMARTS) is 1. The van der Waals surface area contributed by atoms with Gasteiger partial charge in [-0.1, -0.05) is 0 Å². The number of aliphatic carboxylic acids is 1. The zero-order valence-electron chi connectivity index (χ0n) is 6.08. The van der Waals surface area contributed by atoms with Crippen molar-refractivity contribution < 1.29 is 23.3 Å². The van der Waals surface area contributed by atoms with Crippen LogP contribution in [0.5, 0.6) is 0 Å². The number of hydrogen-bond donors (Lipinski definition) is 1. The van der Waals surface area contributed by atoms with Crippen molar-refractivity contribution >= 4 is 5.97 Å². The monoisotopic (exact) mass is 187 g/mol. The topological polar surface area (TPSA) is 37.3 Å². The van der Waals surface area contributed by atoms with E-state index in [1.807, 2.05) is 6.08 Å². The number of rotatable bonds is 5. The van der Waals surface area contributed by atoms with E-state index < -0.39 is 5.97 Å². The molecule has 0 unspecified atom stereocenters. The molecule has 0 spiro atoms. The van der Waals surface area contributed by atoms with Crippen LogP contribution in [0.25, 0.3) is 0 Å². The standard InChI is InChI=1S/C3H5O2.C3H5.CH3.Ni/c1-2-3(4)5;1-3-2;;/h1-2H2,(H,4,5);3H,1-2H2;1H3;. The van der Waals surface area contributed by atoms with E-state index in [1.54, 1.807) is 0 Å². The molecule has 0 rings (SSSR count). The average Bonchev–Trinajstić information content (AvgIpc) is 1.85. The molecule has 3 heteroatoms. The quantitative estimate of drug-likeness (QED) is 0.529. The average molecular weight is 188 g/mol. The van der Waals surface area contributed by atoms with Crippen molar-refractivity contribution in [2.75, 3.05) is 0 Å². The van der Waals surface area contributed by atoms with Crippen LogP contribution >= 0.6 is 0 Å². The SMILES string of the molecule is C=C[CH2][Ni]([CH3])[CH2]CC(=O)O. The van der Waals surface area contributed by atoms with Gasteiger partial charge in [0.05, 0.1) is 0 Å². The maximum atomic E-state index is 10.1. The molecule has 0 amide bonds. The normalized spacial score (nSPS) is 10.7. The fourth-order valence-corrected chi connectivity index (χ4v) is 1.74. The summed E-state index contributed by atoms with van der Waals surface area (Å²) in [5.74, 6) is 1.37. The molecule has 0 aliphatic heterocycles. The first-order valence-electron chi connectivity index (χ1n) is 2.86. The van der Waals surface area contributed by atoms with E-state index in [4.69, 9.17) is 5.11 Å². The van der Waals surface area contributed by atoms with E-state index in [9.17, 15) is 4.79 Å². The summed E-state index contributed by atoms with van der Waals surface area (Å²) in [5.41, 5.74) is 0. The molecule has 1 N–H and O–H groups in total. The van der Waals surface area contributed by atoms with Crippen molar-refractivity contribution in [3.63, 3.8) is 0 Å². The Balaban J connectivity index is 3.29. The molecule has 0 saturated heterocycles. The third-order valence-electron chi connectivity index (χ3n) is 0.875. The second-order valence-corrected chi connectivity index (χ2v) is 4.61. The first-order chi connectivity index (χ1) is 4.66. The van der Waals surface area contributed by atoms with Crippen LogP contribution in [0.3, 0.4) is 0 Å². The molecule has 0 radical (unpaired) electrons. The Hall–Kier alpha value is -0.296. The molecule has 0 fully saturated rings. The van der Waals surface area contributed by atoms with Crippen molar-refractivity contribution in [3.8, 4) is 0 Å². The maximum absolute atomic E-state index is 10.1. The van der Waals surface area contributed by atoms with Crippen LogP contribution in [0.1, 0.15) is 6.42 Å². The van der Waals surface area contributed by atoms with Gasteiger partial charge < -0.3 is 0 Å². The second-order valence-electron chi connectivity index (χ2n) is 1.82. The Kier molecular flexibility index (Phi) is 5.32. The van der Waals surface area contributed by atoms with Gasteiger partial charge in [0.15, 0.2) is 0 Å². The van der Waals surface area contributed by atoms with Gasteiger partial charge in [-0.15, -0.1) is 0 Å². The summed E-state index contributed by atoms with van der Waals surface area (Å²) in [4.78, 5) is 10.1. The van der Waals surface area contributed by atoms with Crippen LogP contribution in [0, 0.1) is 0 Å². The van der Waals surface area contributed by atoms with E-state index in [0.29, 0.717) is 6.42 Å². The van der Waals surface area contributed by atoms with Crippen molar-refractivity contribution in [2.24, 2.45) is 0 Å². The van der Waals surface area contributed by atoms with Gasteiger partial charge in [-0.2, -0.15) is 0 Å². The number of carbonyl (C=O) groups is 1. The van der Waals surface area contributed by atoms with Gasteiger partial charge in [0, 0.05) is 0 Å². The first kappa shape index (κ1) is 9.70. The molecule has 0 bridgehead atoms. The molecule has 10 heavy (non-hydrogen) atoms. The second kappa shape index (κ2) is 5.49. The van der Waals surface area contributed by atoms with Crippen molar-refractivity contribution in [2.45, 2.75) is 23.1 Å². The zero-order valence-corrected chi connectivity index (χ0v) is 7.07. The van der Waals surface area contributed by atoms with E-state index in [-0.39, 0.29) is 13.4 Å². The summed E-state index contributed by atoms with van der Waals surface area (Å²) in [6.07, 6.45) is 2.14. The molecule has 0 atom stereocenters. The van der Waals surface area contributed by atoms with Crippen LogP contribution in [0.2, 0.25) is 16.7 Å². The van der Waals surface area contributed by atoms with Crippen molar-refractivity contribution in [1.82, 2.24) is 0 Å². The molecular formula is C7H13NiO2. The zero-order chi connectivity index (χ0) is 7.98. The van der Waals surface area contributed by atoms with Gasteiger partial charge in [-0.25, -0.2) is 0 Å². The van der Waals surface area contributed by atoms with E-state index in [1.165, 1.54) is 0 Å². The van der Waals surface area contributed by atoms with Gasteiger partial charge in [0.25, 0.3) is 0 Å². The Morgan fingerprint density at radius 3 is 2.80 bits per heavy atom. The minimum atomic E-state index is -0.702. The molecule has 0 aromatic carbocycles. The molecule has 0 aliphatic carbocycles. The van der Waals surface area contributed by atoms with Crippen LogP contribution in [-0.2, 0) is 18.2 Å². The fourth-order valence-electron chi connectivity index (χ4n) is 0.423. The molecule has 0 aromatic heterocycles. The van der Waals surface area contributed by atoms with Crippen LogP contribution in [0.4, 0.5) is 0 Å². The fraction of sp³-hybridized carbons (Fsp3) is 0.571. The van der Waals surface area contributed by atoms with Gasteiger partial charge >= 0.3 is 65.0 Å². The van der Waals surface area contributed by atoms with E-state index in [2.05, 4.69) is 12.5 Å². The van der Waals surface area contributed by atoms with Crippen LogP contribution < -0.4 is 0 Å². The van der Waals surface area contributed by atoms with Gasteiger partial charge in [0.1, 0.15) is 0 Å². The summed E-state index contributed by atoms with van der Waals surface area (Å²) in [6, 6.07) is 0. The van der Waals surface area contributed by atoms with E-state index >= 15 is 0 Å². The van der Waals surface area contributed by atoms with Gasteiger partial charge in [0.2, 0.25) is 0 Å². The third kappa shape index (κ3) is 5.83. The van der Waals surface area contributed by atoms with Gasteiger partial charge in [-0.05, 0) is 0 Å². The summed E-state index contributed by atoms with van der Waals surface area (Å²) >= 11 is 0.0895. The first-order valence-corrected chi connectivity index (χ1v) is 5.25. The molecular weight excluding hydrogens is 175 g/mol. The van der Waals surface area contributed by atoms with Gasteiger partial charge in [-0.3, -0.25) is 0 Å². The summed E-state index contributed by atoms with van der Waals surface area (Å²) in [7, 11) is 0. The van der Waals surface area contributed by atoms with Crippen molar-refractivity contribution in [3.05, 3.63) is 12.7 Å². The minimum absolute atomic E-state index is 0.0895. The Morgan fingerprint density at radius 1 is 1.80 bits per heavy atom. The number of carboxylic acids is 1. The predicted octanol–water partition coefficient (Wildman–Crippen LogP) is 2.15. The Labute approximate surface area is 65.6 Å². The summed E-state index contributed by atoms with van der Waals surface area (Å²) in [5, 5.41) is 10.1. The van der Waals surface area contributed by atoms with Crippen LogP contribution in [-0.4, -0.2) is 11.1 Å². The molecule has 2 nitrogen and oxygen atoms in total. The van der Waals surface area contributed by atoms with Crippen LogP contribution in [0.15, 0.2) is 12.7 Å². The summed E-state index contributed by atoms with van der Waals surface area (Å²) < 4.78 is 0.